The summed E-state index contributed by atoms with van der Waals surface area (Å²) in [6.45, 7) is 4.33. The van der Waals surface area contributed by atoms with Gasteiger partial charge in [-0.3, -0.25) is 14.2 Å². The zero-order valence-corrected chi connectivity index (χ0v) is 54.5. The molecule has 10 heteroatoms. The van der Waals surface area contributed by atoms with E-state index in [1.54, 1.807) is 0 Å². The third-order valence-electron chi connectivity index (χ3n) is 16.0. The molecular formula is C69H136NO8P. The van der Waals surface area contributed by atoms with Crippen LogP contribution >= 0.6 is 7.82 Å². The Hall–Kier alpha value is -1.25. The summed E-state index contributed by atoms with van der Waals surface area (Å²) in [4.78, 5) is 38.0. The van der Waals surface area contributed by atoms with Crippen molar-refractivity contribution in [3.05, 3.63) is 12.2 Å². The molecule has 0 radical (unpaired) electrons. The standard InChI is InChI=1S/C69H136NO8P/c1-6-8-10-12-14-16-18-20-22-24-26-28-30-32-34-35-36-38-40-42-44-46-48-50-52-54-56-58-60-62-69(72)78-67(66-77-79(73,74)76-64-63-70(3,4)5)65-75-68(71)61-59-57-55-53-51-49-47-45-43-41-39-37-33-31-29-27-25-23-21-19-17-15-13-11-9-7-2/h24,26,67H,6-23,25,27-66H2,1-5H3/b26-24-. The first kappa shape index (κ1) is 77.8. The molecule has 0 bridgehead atoms. The Kier molecular flexibility index (Phi) is 60.3. The fraction of sp³-hybridized carbons (Fsp3) is 0.942. The third kappa shape index (κ3) is 65.8. The molecule has 0 aliphatic rings. The van der Waals surface area contributed by atoms with Crippen molar-refractivity contribution >= 4 is 19.8 Å². The Bertz CT molecular complexity index is 1340. The highest BCUT2D eigenvalue weighted by Crippen LogP contribution is 2.38. The zero-order chi connectivity index (χ0) is 57.7. The molecular weight excluding hydrogens is 1000 g/mol. The van der Waals surface area contributed by atoms with E-state index in [0.29, 0.717) is 17.4 Å². The fourth-order valence-corrected chi connectivity index (χ4v) is 11.4. The summed E-state index contributed by atoms with van der Waals surface area (Å²) in [5.74, 6) is -0.807. The lowest BCUT2D eigenvalue weighted by atomic mass is 10.0. The lowest BCUT2D eigenvalue weighted by Gasteiger charge is -2.28. The first-order valence-electron chi connectivity index (χ1n) is 34.9. The van der Waals surface area contributed by atoms with Crippen molar-refractivity contribution in [1.82, 2.24) is 0 Å². The lowest BCUT2D eigenvalue weighted by Crippen LogP contribution is -2.37. The predicted octanol–water partition coefficient (Wildman–Crippen LogP) is 21.7. The Labute approximate surface area is 492 Å². The van der Waals surface area contributed by atoms with Crippen LogP contribution in [0.1, 0.15) is 367 Å². The van der Waals surface area contributed by atoms with Crippen LogP contribution in [0.2, 0.25) is 0 Å². The monoisotopic (exact) mass is 1140 g/mol. The number of likely N-dealkylation sites (N-methyl/N-ethyl adjacent to an activating group) is 1. The van der Waals surface area contributed by atoms with Gasteiger partial charge in [0.15, 0.2) is 6.10 Å². The van der Waals surface area contributed by atoms with E-state index in [9.17, 15) is 19.0 Å². The number of allylic oxidation sites excluding steroid dienone is 2. The summed E-state index contributed by atoms with van der Waals surface area (Å²) in [5.41, 5.74) is 0. The maximum absolute atomic E-state index is 12.9. The first-order valence-corrected chi connectivity index (χ1v) is 36.4. The van der Waals surface area contributed by atoms with Gasteiger partial charge in [-0.2, -0.15) is 0 Å². The van der Waals surface area contributed by atoms with E-state index < -0.39 is 26.5 Å². The molecule has 0 amide bonds. The van der Waals surface area contributed by atoms with E-state index in [0.717, 1.165) is 32.1 Å². The number of ether oxygens (including phenoxy) is 2. The molecule has 0 heterocycles. The molecule has 9 nitrogen and oxygen atoms in total. The number of carbonyl (C=O) groups excluding carboxylic acids is 2. The second kappa shape index (κ2) is 61.3. The van der Waals surface area contributed by atoms with Crippen molar-refractivity contribution in [2.24, 2.45) is 0 Å². The average molecular weight is 1140 g/mol. The van der Waals surface area contributed by atoms with Gasteiger partial charge in [0.25, 0.3) is 7.82 Å². The van der Waals surface area contributed by atoms with E-state index in [1.165, 1.54) is 302 Å². The van der Waals surface area contributed by atoms with Crippen LogP contribution in [-0.2, 0) is 32.7 Å². The number of hydrogen-bond donors (Lipinski definition) is 0. The summed E-state index contributed by atoms with van der Waals surface area (Å²) < 4.78 is 34.3. The van der Waals surface area contributed by atoms with Gasteiger partial charge in [-0.1, -0.05) is 328 Å². The fourth-order valence-electron chi connectivity index (χ4n) is 10.7. The van der Waals surface area contributed by atoms with Crippen molar-refractivity contribution in [1.29, 1.82) is 0 Å². The van der Waals surface area contributed by atoms with Crippen LogP contribution in [-0.4, -0.2) is 70.0 Å². The molecule has 0 saturated carbocycles. The van der Waals surface area contributed by atoms with Gasteiger partial charge in [-0.15, -0.1) is 0 Å². The maximum atomic E-state index is 12.9. The number of phosphoric acid groups is 1. The van der Waals surface area contributed by atoms with Gasteiger partial charge in [0.2, 0.25) is 0 Å². The second-order valence-corrected chi connectivity index (χ2v) is 26.7. The quantitative estimate of drug-likeness (QED) is 0.0195. The molecule has 0 N–H and O–H groups in total. The second-order valence-electron chi connectivity index (χ2n) is 25.3. The average Bonchev–Trinajstić information content (AvgIpc) is 3.41. The van der Waals surface area contributed by atoms with Crippen LogP contribution < -0.4 is 4.89 Å². The van der Waals surface area contributed by atoms with Crippen LogP contribution in [0.25, 0.3) is 0 Å². The Balaban J connectivity index is 3.99. The van der Waals surface area contributed by atoms with Crippen LogP contribution in [0.4, 0.5) is 0 Å². The van der Waals surface area contributed by atoms with E-state index in [2.05, 4.69) is 26.0 Å². The van der Waals surface area contributed by atoms with E-state index in [4.69, 9.17) is 18.5 Å². The number of esters is 2. The summed E-state index contributed by atoms with van der Waals surface area (Å²) in [5, 5.41) is 0. The summed E-state index contributed by atoms with van der Waals surface area (Å²) >= 11 is 0. The molecule has 0 aromatic heterocycles. The van der Waals surface area contributed by atoms with Gasteiger partial charge in [0, 0.05) is 12.8 Å². The van der Waals surface area contributed by atoms with Gasteiger partial charge in [0.1, 0.15) is 19.8 Å². The number of phosphoric ester groups is 1. The van der Waals surface area contributed by atoms with Crippen LogP contribution in [0, 0.1) is 0 Å². The molecule has 0 saturated heterocycles. The van der Waals surface area contributed by atoms with E-state index in [1.807, 2.05) is 21.1 Å². The van der Waals surface area contributed by atoms with E-state index in [-0.39, 0.29) is 32.0 Å². The van der Waals surface area contributed by atoms with Crippen molar-refractivity contribution < 1.29 is 42.1 Å². The minimum absolute atomic E-state index is 0.0260. The maximum Gasteiger partial charge on any atom is 0.306 e. The van der Waals surface area contributed by atoms with Crippen molar-refractivity contribution in [3.63, 3.8) is 0 Å². The largest absolute Gasteiger partial charge is 0.756 e. The topological polar surface area (TPSA) is 111 Å². The van der Waals surface area contributed by atoms with Gasteiger partial charge in [0.05, 0.1) is 27.7 Å². The highest BCUT2D eigenvalue weighted by atomic mass is 31.2. The lowest BCUT2D eigenvalue weighted by molar-refractivity contribution is -0.870. The summed E-state index contributed by atoms with van der Waals surface area (Å²) in [6, 6.07) is 0. The predicted molar refractivity (Wildman–Crippen MR) is 338 cm³/mol. The highest BCUT2D eigenvalue weighted by Gasteiger charge is 2.22. The van der Waals surface area contributed by atoms with Crippen LogP contribution in [0.5, 0.6) is 0 Å². The number of rotatable bonds is 66. The SMILES string of the molecule is CCCCCCCCCC/C=C\CCCCCCCCCCCCCCCCCCCC(=O)OC(COC(=O)CCCCCCCCCCCCCCCCCCCCCCCCCCCC)COP(=O)([O-])OCC[N+](C)(C)C. The minimum atomic E-state index is -4.64. The molecule has 0 aliphatic carbocycles. The summed E-state index contributed by atoms with van der Waals surface area (Å²) in [6.07, 6.45) is 74.4. The van der Waals surface area contributed by atoms with Crippen molar-refractivity contribution in [2.75, 3.05) is 47.5 Å². The molecule has 0 aliphatic heterocycles. The molecule has 79 heavy (non-hydrogen) atoms. The number of carbonyl (C=O) groups is 2. The Morgan fingerprint density at radius 3 is 0.937 bits per heavy atom. The number of unbranched alkanes of at least 4 members (excludes halogenated alkanes) is 50. The smallest absolute Gasteiger partial charge is 0.306 e. The number of quaternary nitrogens is 1. The summed E-state index contributed by atoms with van der Waals surface area (Å²) in [7, 11) is 1.19. The van der Waals surface area contributed by atoms with Gasteiger partial charge >= 0.3 is 11.9 Å². The van der Waals surface area contributed by atoms with Crippen molar-refractivity contribution in [2.45, 2.75) is 373 Å². The molecule has 0 fully saturated rings. The highest BCUT2D eigenvalue weighted by molar-refractivity contribution is 7.45. The first-order chi connectivity index (χ1) is 38.5. The van der Waals surface area contributed by atoms with Gasteiger partial charge in [-0.25, -0.2) is 0 Å². The zero-order valence-electron chi connectivity index (χ0n) is 53.6. The van der Waals surface area contributed by atoms with Crippen LogP contribution in [0.3, 0.4) is 0 Å². The minimum Gasteiger partial charge on any atom is -0.756 e. The Morgan fingerprint density at radius 1 is 0.380 bits per heavy atom. The van der Waals surface area contributed by atoms with Gasteiger partial charge in [-0.05, 0) is 38.5 Å². The molecule has 2 atom stereocenters. The molecule has 0 spiro atoms. The number of hydrogen-bond acceptors (Lipinski definition) is 8. The molecule has 470 valence electrons. The Morgan fingerprint density at radius 2 is 0.646 bits per heavy atom. The molecule has 0 rings (SSSR count). The molecule has 2 unspecified atom stereocenters. The normalized spacial score (nSPS) is 13.1. The van der Waals surface area contributed by atoms with Crippen molar-refractivity contribution in [3.8, 4) is 0 Å². The third-order valence-corrected chi connectivity index (χ3v) is 17.0. The molecule has 0 aromatic rings. The van der Waals surface area contributed by atoms with Gasteiger partial charge < -0.3 is 27.9 Å². The molecule has 0 aromatic carbocycles. The van der Waals surface area contributed by atoms with Crippen LogP contribution in [0.15, 0.2) is 12.2 Å². The number of nitrogens with zero attached hydrogens (tertiary/aromatic N) is 1. The van der Waals surface area contributed by atoms with E-state index >= 15 is 0 Å².